The molecule has 0 amide bonds. The van der Waals surface area contributed by atoms with Gasteiger partial charge in [-0.1, -0.05) is 36.4 Å². The fourth-order valence-electron chi connectivity index (χ4n) is 1.54. The van der Waals surface area contributed by atoms with Crippen molar-refractivity contribution in [1.82, 2.24) is 0 Å². The molecular formula is C21H26PZr-5. The van der Waals surface area contributed by atoms with E-state index in [0.717, 1.165) is 0 Å². The molecule has 0 nitrogen and oxygen atoms in total. The van der Waals surface area contributed by atoms with Crippen LogP contribution in [-0.2, 0) is 26.2 Å². The van der Waals surface area contributed by atoms with Gasteiger partial charge in [-0.05, 0) is 19.0 Å². The van der Waals surface area contributed by atoms with E-state index in [1.54, 1.807) is 0 Å². The van der Waals surface area contributed by atoms with E-state index < -0.39 is 0 Å². The molecule has 0 radical (unpaired) electrons. The average Bonchev–Trinajstić information content (AvgIpc) is 3.19. The van der Waals surface area contributed by atoms with Crippen LogP contribution in [0.4, 0.5) is 0 Å². The normalized spacial score (nSPS) is 9.39. The van der Waals surface area contributed by atoms with E-state index >= 15 is 0 Å². The van der Waals surface area contributed by atoms with E-state index in [1.807, 2.05) is 60.7 Å². The van der Waals surface area contributed by atoms with Gasteiger partial charge in [0.15, 0.2) is 0 Å². The topological polar surface area (TPSA) is 0 Å². The predicted molar refractivity (Wildman–Crippen MR) is 106 cm³/mol. The van der Waals surface area contributed by atoms with Crippen LogP contribution in [0, 0.1) is 0 Å². The van der Waals surface area contributed by atoms with Crippen molar-refractivity contribution in [3.05, 3.63) is 96.1 Å². The summed E-state index contributed by atoms with van der Waals surface area (Å²) in [4.78, 5) is 0. The molecule has 4 rings (SSSR count). The Morgan fingerprint density at radius 1 is 0.652 bits per heavy atom. The maximum absolute atomic E-state index is 2.27. The Bertz CT molecular complexity index is 504. The first kappa shape index (κ1) is 22.0. The van der Waals surface area contributed by atoms with Gasteiger partial charge in [-0.25, -0.2) is 12.1 Å². The third-order valence-electron chi connectivity index (χ3n) is 2.55. The molecule has 2 heteroatoms. The van der Waals surface area contributed by atoms with Gasteiger partial charge in [0.2, 0.25) is 0 Å². The molecule has 0 unspecified atom stereocenters. The van der Waals surface area contributed by atoms with E-state index in [2.05, 4.69) is 56.4 Å². The molecule has 3 aromatic rings. The summed E-state index contributed by atoms with van der Waals surface area (Å²) in [5.74, 6) is 0. The SMILES string of the molecule is C1=Cc2ccccc21.C[PH+](C)C.[Zr].[cH-]1[cH-][cH-][cH-][cH-]1.c1cc[cH-]c1. The second-order valence-corrected chi connectivity index (χ2v) is 8.39. The van der Waals surface area contributed by atoms with Gasteiger partial charge in [-0.15, -0.1) is 0 Å². The molecule has 23 heavy (non-hydrogen) atoms. The number of fused-ring (bicyclic) bond motifs is 1. The van der Waals surface area contributed by atoms with Gasteiger partial charge >= 0.3 is 0 Å². The Balaban J connectivity index is 0.000000289. The van der Waals surface area contributed by atoms with Crippen molar-refractivity contribution in [3.63, 3.8) is 0 Å². The molecule has 0 aromatic heterocycles. The molecule has 0 spiro atoms. The van der Waals surface area contributed by atoms with Crippen LogP contribution in [0.1, 0.15) is 11.1 Å². The third-order valence-corrected chi connectivity index (χ3v) is 2.55. The monoisotopic (exact) mass is 399 g/mol. The first-order valence-corrected chi connectivity index (χ1v) is 10.6. The van der Waals surface area contributed by atoms with Gasteiger partial charge in [0.25, 0.3) is 0 Å². The molecule has 1 aliphatic rings. The Morgan fingerprint density at radius 3 is 1.17 bits per heavy atom. The Kier molecular flexibility index (Phi) is 13.9. The van der Waals surface area contributed by atoms with Crippen molar-refractivity contribution in [2.75, 3.05) is 20.0 Å². The van der Waals surface area contributed by atoms with E-state index in [1.165, 1.54) is 11.1 Å². The van der Waals surface area contributed by atoms with Crippen molar-refractivity contribution in [2.24, 2.45) is 0 Å². The molecule has 0 aliphatic heterocycles. The zero-order chi connectivity index (χ0) is 16.0. The van der Waals surface area contributed by atoms with Crippen LogP contribution < -0.4 is 0 Å². The van der Waals surface area contributed by atoms with Crippen LogP contribution in [0.2, 0.25) is 0 Å². The van der Waals surface area contributed by atoms with Crippen LogP contribution in [-0.4, -0.2) is 20.0 Å². The largest absolute Gasteiger partial charge is 0.748 e. The number of rotatable bonds is 0. The number of hydrogen-bond donors (Lipinski definition) is 0. The first-order chi connectivity index (χ1) is 10.7. The van der Waals surface area contributed by atoms with Gasteiger partial charge in [0.05, 0.1) is 0 Å². The van der Waals surface area contributed by atoms with Crippen LogP contribution in [0.3, 0.4) is 0 Å². The van der Waals surface area contributed by atoms with Gasteiger partial charge in [-0.2, -0.15) is 18.2 Å². The fraction of sp³-hybridized carbons (Fsp3) is 0.143. The summed E-state index contributed by atoms with van der Waals surface area (Å²) in [5.41, 5.74) is 2.74. The smallest absolute Gasteiger partial charge is 0.0461 e. The average molecular weight is 401 g/mol. The first-order valence-electron chi connectivity index (χ1n) is 7.57. The summed E-state index contributed by atoms with van der Waals surface area (Å²) >= 11 is 0. The number of benzene rings is 1. The minimum atomic E-state index is 0. The van der Waals surface area contributed by atoms with E-state index in [0.29, 0.717) is 0 Å². The minimum Gasteiger partial charge on any atom is -0.748 e. The zero-order valence-corrected chi connectivity index (χ0v) is 17.7. The summed E-state index contributed by atoms with van der Waals surface area (Å²) in [6, 6.07) is 28.4. The molecular weight excluding hydrogens is 374 g/mol. The van der Waals surface area contributed by atoms with Crippen LogP contribution in [0.25, 0.3) is 12.2 Å². The molecule has 3 aromatic carbocycles. The van der Waals surface area contributed by atoms with Crippen LogP contribution in [0.15, 0.2) is 84.9 Å². The molecule has 0 fully saturated rings. The molecule has 0 saturated carbocycles. The molecule has 0 heterocycles. The van der Waals surface area contributed by atoms with Crippen LogP contribution >= 0.6 is 7.92 Å². The Labute approximate surface area is 161 Å². The van der Waals surface area contributed by atoms with E-state index in [4.69, 9.17) is 0 Å². The van der Waals surface area contributed by atoms with E-state index in [-0.39, 0.29) is 34.1 Å². The van der Waals surface area contributed by atoms with Gasteiger partial charge in [0, 0.05) is 46.2 Å². The quantitative estimate of drug-likeness (QED) is 0.248. The van der Waals surface area contributed by atoms with Crippen molar-refractivity contribution in [1.29, 1.82) is 0 Å². The van der Waals surface area contributed by atoms with E-state index in [9.17, 15) is 0 Å². The van der Waals surface area contributed by atoms with Crippen molar-refractivity contribution in [2.45, 2.75) is 0 Å². The van der Waals surface area contributed by atoms with Crippen molar-refractivity contribution >= 4 is 20.1 Å². The fourth-order valence-corrected chi connectivity index (χ4v) is 1.54. The summed E-state index contributed by atoms with van der Waals surface area (Å²) in [7, 11) is 0.120. The molecule has 1 aliphatic carbocycles. The molecule has 124 valence electrons. The summed E-state index contributed by atoms with van der Waals surface area (Å²) in [5, 5.41) is 0. The third kappa shape index (κ3) is 12.1. The standard InChI is InChI=1S/C8H6.2C5H5.C3H9P.Zr/c1-2-4-8-6-5-7(8)3-1;2*1-2-4-5-3-1;1-4(2)3;/h1-6H;2*1-5H;1-3H3;/q;-5;-1;;/p+1. The number of hydrogen-bond acceptors (Lipinski definition) is 0. The molecule has 0 N–H and O–H groups in total. The molecule has 0 saturated heterocycles. The second-order valence-electron chi connectivity index (χ2n) is 5.39. The predicted octanol–water partition coefficient (Wildman–Crippen LogP) is 6.07. The summed E-state index contributed by atoms with van der Waals surface area (Å²) in [6.07, 6.45) is 4.24. The second kappa shape index (κ2) is 14.6. The maximum atomic E-state index is 2.27. The summed E-state index contributed by atoms with van der Waals surface area (Å²) in [6.45, 7) is 6.81. The van der Waals surface area contributed by atoms with Crippen molar-refractivity contribution < 1.29 is 26.2 Å². The van der Waals surface area contributed by atoms with Gasteiger partial charge in [0.1, 0.15) is 0 Å². The molecule has 0 bridgehead atoms. The Hall–Kier alpha value is -1.03. The molecule has 0 atom stereocenters. The Morgan fingerprint density at radius 2 is 1.00 bits per heavy atom. The maximum Gasteiger partial charge on any atom is 0.0461 e. The minimum absolute atomic E-state index is 0. The zero-order valence-electron chi connectivity index (χ0n) is 14.2. The van der Waals surface area contributed by atoms with Gasteiger partial charge < -0.3 is 30.3 Å². The van der Waals surface area contributed by atoms with Gasteiger partial charge in [-0.3, -0.25) is 0 Å². The van der Waals surface area contributed by atoms with Crippen molar-refractivity contribution in [3.8, 4) is 0 Å². The van der Waals surface area contributed by atoms with Crippen LogP contribution in [0.5, 0.6) is 0 Å². The summed E-state index contributed by atoms with van der Waals surface area (Å²) < 4.78 is 0.